The molecule has 0 radical (unpaired) electrons. The van der Waals surface area contributed by atoms with Gasteiger partial charge in [-0.3, -0.25) is 4.79 Å². The number of β-amino-alcohol motifs (C(OH)–C–C–N with tert-alkyl or cyclic N) is 1. The highest BCUT2D eigenvalue weighted by Crippen LogP contribution is 2.28. The lowest BCUT2D eigenvalue weighted by Crippen LogP contribution is -2.42. The summed E-state index contributed by atoms with van der Waals surface area (Å²) in [4.78, 5) is 14.0. The standard InChI is InChI=1S/C13H16ClNO3/c1-18-11-6-2-5-10(14)12(11)13(17)15-7-3-4-9(16)8-15/h2,5-6,9,16H,3-4,7-8H2,1H3. The number of hydrogen-bond donors (Lipinski definition) is 1. The molecule has 1 aliphatic heterocycles. The highest BCUT2D eigenvalue weighted by Gasteiger charge is 2.26. The number of nitrogens with zero attached hydrogens (tertiary/aromatic N) is 1. The third kappa shape index (κ3) is 2.60. The molecule has 1 unspecified atom stereocenters. The van der Waals surface area contributed by atoms with Crippen LogP contribution < -0.4 is 4.74 Å². The summed E-state index contributed by atoms with van der Waals surface area (Å²) < 4.78 is 5.17. The molecule has 0 spiro atoms. The Labute approximate surface area is 111 Å². The van der Waals surface area contributed by atoms with Crippen molar-refractivity contribution in [1.82, 2.24) is 4.90 Å². The minimum Gasteiger partial charge on any atom is -0.496 e. The van der Waals surface area contributed by atoms with Gasteiger partial charge >= 0.3 is 0 Å². The quantitative estimate of drug-likeness (QED) is 0.893. The molecule has 1 amide bonds. The number of ether oxygens (including phenoxy) is 1. The SMILES string of the molecule is COc1cccc(Cl)c1C(=O)N1CCCC(O)C1. The molecule has 1 saturated heterocycles. The lowest BCUT2D eigenvalue weighted by molar-refractivity contribution is 0.0471. The zero-order valence-corrected chi connectivity index (χ0v) is 11.0. The van der Waals surface area contributed by atoms with E-state index in [0.717, 1.165) is 12.8 Å². The van der Waals surface area contributed by atoms with Gasteiger partial charge in [0.25, 0.3) is 5.91 Å². The number of aliphatic hydroxyl groups is 1. The van der Waals surface area contributed by atoms with Crippen molar-refractivity contribution in [2.45, 2.75) is 18.9 Å². The average molecular weight is 270 g/mol. The van der Waals surface area contributed by atoms with Crippen molar-refractivity contribution < 1.29 is 14.6 Å². The van der Waals surface area contributed by atoms with Gasteiger partial charge in [0.05, 0.1) is 18.2 Å². The van der Waals surface area contributed by atoms with Crippen LogP contribution in [0.25, 0.3) is 0 Å². The van der Waals surface area contributed by atoms with E-state index in [-0.39, 0.29) is 5.91 Å². The van der Waals surface area contributed by atoms with Gasteiger partial charge in [0.1, 0.15) is 11.3 Å². The number of amides is 1. The molecule has 1 aromatic rings. The van der Waals surface area contributed by atoms with Crippen LogP contribution in [0.1, 0.15) is 23.2 Å². The maximum absolute atomic E-state index is 12.4. The first kappa shape index (κ1) is 13.2. The molecule has 1 N–H and O–H groups in total. The minimum absolute atomic E-state index is 0.184. The lowest BCUT2D eigenvalue weighted by atomic mass is 10.1. The topological polar surface area (TPSA) is 49.8 Å². The second kappa shape index (κ2) is 5.59. The Balaban J connectivity index is 2.28. The Morgan fingerprint density at radius 2 is 2.33 bits per heavy atom. The number of carbonyl (C=O) groups excluding carboxylic acids is 1. The first-order valence-corrected chi connectivity index (χ1v) is 6.31. The number of piperidine rings is 1. The zero-order valence-electron chi connectivity index (χ0n) is 10.2. The van der Waals surface area contributed by atoms with Gasteiger partial charge in [-0.15, -0.1) is 0 Å². The van der Waals surface area contributed by atoms with Crippen molar-refractivity contribution in [2.75, 3.05) is 20.2 Å². The largest absolute Gasteiger partial charge is 0.496 e. The summed E-state index contributed by atoms with van der Waals surface area (Å²) in [6.07, 6.45) is 1.10. The summed E-state index contributed by atoms with van der Waals surface area (Å²) in [7, 11) is 1.51. The molecular formula is C13H16ClNO3. The molecule has 1 fully saturated rings. The zero-order chi connectivity index (χ0) is 13.1. The number of methoxy groups -OCH3 is 1. The van der Waals surface area contributed by atoms with Crippen molar-refractivity contribution in [3.05, 3.63) is 28.8 Å². The molecule has 5 heteroatoms. The fourth-order valence-electron chi connectivity index (χ4n) is 2.18. The maximum Gasteiger partial charge on any atom is 0.259 e. The van der Waals surface area contributed by atoms with Gasteiger partial charge in [0, 0.05) is 13.1 Å². The van der Waals surface area contributed by atoms with Gasteiger partial charge in [-0.1, -0.05) is 17.7 Å². The van der Waals surface area contributed by atoms with E-state index in [4.69, 9.17) is 16.3 Å². The molecular weight excluding hydrogens is 254 g/mol. The van der Waals surface area contributed by atoms with Crippen molar-refractivity contribution >= 4 is 17.5 Å². The predicted octanol–water partition coefficient (Wildman–Crippen LogP) is 1.95. The maximum atomic E-state index is 12.4. The van der Waals surface area contributed by atoms with Crippen LogP contribution in [0.4, 0.5) is 0 Å². The highest BCUT2D eigenvalue weighted by molar-refractivity contribution is 6.34. The van der Waals surface area contributed by atoms with E-state index in [9.17, 15) is 9.90 Å². The molecule has 98 valence electrons. The van der Waals surface area contributed by atoms with Crippen LogP contribution in [0.5, 0.6) is 5.75 Å². The fourth-order valence-corrected chi connectivity index (χ4v) is 2.43. The number of halogens is 1. The van der Waals surface area contributed by atoms with Gasteiger partial charge in [-0.2, -0.15) is 0 Å². The molecule has 0 aromatic heterocycles. The number of rotatable bonds is 2. The minimum atomic E-state index is -0.448. The summed E-state index contributed by atoms with van der Waals surface area (Å²) in [5.41, 5.74) is 0.371. The molecule has 1 atom stereocenters. The van der Waals surface area contributed by atoms with Crippen LogP contribution in [-0.2, 0) is 0 Å². The molecule has 1 heterocycles. The number of hydrogen-bond acceptors (Lipinski definition) is 3. The molecule has 0 saturated carbocycles. The highest BCUT2D eigenvalue weighted by atomic mass is 35.5. The van der Waals surface area contributed by atoms with Crippen molar-refractivity contribution in [3.63, 3.8) is 0 Å². The van der Waals surface area contributed by atoms with Gasteiger partial charge in [-0.05, 0) is 25.0 Å². The fraction of sp³-hybridized carbons (Fsp3) is 0.462. The predicted molar refractivity (Wildman–Crippen MR) is 69.1 cm³/mol. The van der Waals surface area contributed by atoms with Crippen LogP contribution in [0.3, 0.4) is 0 Å². The van der Waals surface area contributed by atoms with E-state index in [2.05, 4.69) is 0 Å². The summed E-state index contributed by atoms with van der Waals surface area (Å²) in [6.45, 7) is 0.998. The summed E-state index contributed by atoms with van der Waals surface area (Å²) in [5, 5.41) is 9.99. The van der Waals surface area contributed by atoms with Crippen LogP contribution >= 0.6 is 11.6 Å². The van der Waals surface area contributed by atoms with Crippen LogP contribution in [-0.4, -0.2) is 42.2 Å². The molecule has 1 aliphatic rings. The monoisotopic (exact) mass is 269 g/mol. The third-order valence-corrected chi connectivity index (χ3v) is 3.41. The van der Waals surface area contributed by atoms with Crippen molar-refractivity contribution in [1.29, 1.82) is 0 Å². The van der Waals surface area contributed by atoms with Crippen LogP contribution in [0.2, 0.25) is 5.02 Å². The van der Waals surface area contributed by atoms with E-state index in [1.807, 2.05) is 0 Å². The van der Waals surface area contributed by atoms with E-state index in [1.54, 1.807) is 23.1 Å². The van der Waals surface area contributed by atoms with E-state index in [1.165, 1.54) is 7.11 Å². The first-order chi connectivity index (χ1) is 8.63. The van der Waals surface area contributed by atoms with Crippen LogP contribution in [0.15, 0.2) is 18.2 Å². The summed E-state index contributed by atoms with van der Waals surface area (Å²) in [5.74, 6) is 0.281. The Kier molecular flexibility index (Phi) is 4.09. The molecule has 18 heavy (non-hydrogen) atoms. The van der Waals surface area contributed by atoms with Crippen molar-refractivity contribution in [3.8, 4) is 5.75 Å². The Bertz CT molecular complexity index is 450. The molecule has 4 nitrogen and oxygen atoms in total. The number of carbonyl (C=O) groups is 1. The molecule has 0 aliphatic carbocycles. The number of benzene rings is 1. The van der Waals surface area contributed by atoms with Crippen LogP contribution in [0, 0.1) is 0 Å². The van der Waals surface area contributed by atoms with Gasteiger partial charge < -0.3 is 14.7 Å². The number of likely N-dealkylation sites (tertiary alicyclic amines) is 1. The van der Waals surface area contributed by atoms with Gasteiger partial charge in [-0.25, -0.2) is 0 Å². The second-order valence-electron chi connectivity index (χ2n) is 4.36. The van der Waals surface area contributed by atoms with Crippen molar-refractivity contribution in [2.24, 2.45) is 0 Å². The average Bonchev–Trinajstić information content (AvgIpc) is 2.37. The smallest absolute Gasteiger partial charge is 0.259 e. The third-order valence-electron chi connectivity index (χ3n) is 3.09. The first-order valence-electron chi connectivity index (χ1n) is 5.93. The molecule has 2 rings (SSSR count). The Morgan fingerprint density at radius 1 is 1.56 bits per heavy atom. The lowest BCUT2D eigenvalue weighted by Gasteiger charge is -2.30. The Morgan fingerprint density at radius 3 is 3.00 bits per heavy atom. The summed E-state index contributed by atoms with van der Waals surface area (Å²) >= 11 is 6.07. The number of aliphatic hydroxyl groups excluding tert-OH is 1. The van der Waals surface area contributed by atoms with Gasteiger partial charge in [0.2, 0.25) is 0 Å². The molecule has 1 aromatic carbocycles. The summed E-state index contributed by atoms with van der Waals surface area (Å²) in [6, 6.07) is 5.11. The van der Waals surface area contributed by atoms with E-state index < -0.39 is 6.10 Å². The molecule has 0 bridgehead atoms. The van der Waals surface area contributed by atoms with E-state index in [0.29, 0.717) is 29.4 Å². The van der Waals surface area contributed by atoms with E-state index >= 15 is 0 Å². The normalized spacial score (nSPS) is 19.7. The Hall–Kier alpha value is -1.26. The second-order valence-corrected chi connectivity index (χ2v) is 4.77. The van der Waals surface area contributed by atoms with Gasteiger partial charge in [0.15, 0.2) is 0 Å².